The lowest BCUT2D eigenvalue weighted by Gasteiger charge is -2.33. The number of carbonyl (C=O) groups excluding carboxylic acids is 1. The SMILES string of the molecule is NC1=NC(c2cc(NC(=O)c3cc4cncnc4[nH]3)ccc2F)(C(F)F)COC1. The first-order chi connectivity index (χ1) is 13.9. The molecule has 2 aromatic heterocycles. The highest BCUT2D eigenvalue weighted by atomic mass is 19.3. The van der Waals surface area contributed by atoms with Crippen LogP contribution < -0.4 is 11.1 Å². The Morgan fingerprint density at radius 2 is 2.17 bits per heavy atom. The van der Waals surface area contributed by atoms with Crippen molar-refractivity contribution in [2.45, 2.75) is 12.0 Å². The van der Waals surface area contributed by atoms with Crippen molar-refractivity contribution >= 4 is 28.5 Å². The Labute approximate surface area is 162 Å². The number of amides is 1. The Morgan fingerprint density at radius 1 is 1.34 bits per heavy atom. The second kappa shape index (κ2) is 7.17. The maximum Gasteiger partial charge on any atom is 0.272 e. The summed E-state index contributed by atoms with van der Waals surface area (Å²) in [6, 6.07) is 4.88. The standard InChI is InChI=1S/C18H15F3N6O2/c19-12-2-1-10(4-11(12)18(17(20)21)7-29-6-14(22)27-18)25-16(28)13-3-9-5-23-8-24-15(9)26-13/h1-5,8,17H,6-7H2,(H2,22,27)(H,25,28)(H,23,24,26). The number of nitrogens with one attached hydrogen (secondary N) is 2. The molecule has 0 aliphatic carbocycles. The fraction of sp³-hybridized carbons (Fsp3) is 0.222. The number of anilines is 1. The number of carbonyl (C=O) groups is 1. The average Bonchev–Trinajstić information content (AvgIpc) is 3.13. The summed E-state index contributed by atoms with van der Waals surface area (Å²) >= 11 is 0. The highest BCUT2D eigenvalue weighted by Gasteiger charge is 2.46. The number of amidine groups is 1. The van der Waals surface area contributed by atoms with E-state index < -0.39 is 35.9 Å². The lowest BCUT2D eigenvalue weighted by molar-refractivity contribution is -0.0145. The van der Waals surface area contributed by atoms with Crippen LogP contribution in [-0.4, -0.2) is 46.3 Å². The van der Waals surface area contributed by atoms with Crippen LogP contribution in [0, 0.1) is 5.82 Å². The van der Waals surface area contributed by atoms with Gasteiger partial charge in [0, 0.05) is 22.8 Å². The summed E-state index contributed by atoms with van der Waals surface area (Å²) in [4.78, 5) is 27.0. The van der Waals surface area contributed by atoms with Gasteiger partial charge in [-0.05, 0) is 24.3 Å². The van der Waals surface area contributed by atoms with E-state index in [0.717, 1.165) is 12.1 Å². The van der Waals surface area contributed by atoms with E-state index in [1.165, 1.54) is 24.7 Å². The molecule has 0 radical (unpaired) electrons. The van der Waals surface area contributed by atoms with Crippen LogP contribution in [0.1, 0.15) is 16.1 Å². The third-order valence-corrected chi connectivity index (χ3v) is 4.50. The number of hydrogen-bond acceptors (Lipinski definition) is 6. The van der Waals surface area contributed by atoms with Gasteiger partial charge in [-0.2, -0.15) is 0 Å². The van der Waals surface area contributed by atoms with Crippen molar-refractivity contribution in [1.82, 2.24) is 15.0 Å². The molecule has 0 bridgehead atoms. The van der Waals surface area contributed by atoms with Gasteiger partial charge in [0.15, 0.2) is 5.54 Å². The zero-order valence-corrected chi connectivity index (χ0v) is 14.8. The predicted molar refractivity (Wildman–Crippen MR) is 98.4 cm³/mol. The Bertz CT molecular complexity index is 1080. The quantitative estimate of drug-likeness (QED) is 0.616. The number of ether oxygens (including phenoxy) is 1. The molecule has 1 aliphatic rings. The van der Waals surface area contributed by atoms with Crippen molar-refractivity contribution in [2.75, 3.05) is 18.5 Å². The number of aromatic amines is 1. The second-order valence-electron chi connectivity index (χ2n) is 6.48. The molecule has 4 N–H and O–H groups in total. The fourth-order valence-electron chi connectivity index (χ4n) is 3.12. The Kier molecular flexibility index (Phi) is 4.66. The summed E-state index contributed by atoms with van der Waals surface area (Å²) in [6.45, 7) is -0.657. The molecule has 1 atom stereocenters. The van der Waals surface area contributed by atoms with Gasteiger partial charge in [-0.1, -0.05) is 0 Å². The van der Waals surface area contributed by atoms with Crippen LogP contribution in [0.15, 0.2) is 41.8 Å². The van der Waals surface area contributed by atoms with Gasteiger partial charge in [-0.15, -0.1) is 0 Å². The molecule has 8 nitrogen and oxygen atoms in total. The molecule has 1 aliphatic heterocycles. The van der Waals surface area contributed by atoms with Gasteiger partial charge in [0.2, 0.25) is 0 Å². The predicted octanol–water partition coefficient (Wildman–Crippen LogP) is 2.20. The van der Waals surface area contributed by atoms with Gasteiger partial charge in [0.1, 0.15) is 35.9 Å². The molecule has 29 heavy (non-hydrogen) atoms. The minimum absolute atomic E-state index is 0.107. The number of H-pyrrole nitrogens is 1. The molecule has 4 rings (SSSR count). The molecule has 150 valence electrons. The summed E-state index contributed by atoms with van der Waals surface area (Å²) in [5, 5.41) is 3.17. The molecule has 0 spiro atoms. The summed E-state index contributed by atoms with van der Waals surface area (Å²) in [7, 11) is 0. The molecule has 1 aromatic carbocycles. The van der Waals surface area contributed by atoms with Crippen LogP contribution in [0.4, 0.5) is 18.9 Å². The number of aromatic nitrogens is 3. The van der Waals surface area contributed by atoms with Crippen LogP contribution in [0.2, 0.25) is 0 Å². The van der Waals surface area contributed by atoms with Gasteiger partial charge in [-0.25, -0.2) is 23.1 Å². The van der Waals surface area contributed by atoms with Crippen molar-refractivity contribution < 1.29 is 22.7 Å². The number of nitrogens with zero attached hydrogens (tertiary/aromatic N) is 3. The van der Waals surface area contributed by atoms with Crippen molar-refractivity contribution in [3.63, 3.8) is 0 Å². The first-order valence-corrected chi connectivity index (χ1v) is 8.49. The monoisotopic (exact) mass is 404 g/mol. The van der Waals surface area contributed by atoms with E-state index in [-0.39, 0.29) is 23.8 Å². The third kappa shape index (κ3) is 3.40. The first kappa shape index (κ1) is 18.9. The molecule has 0 saturated heterocycles. The fourth-order valence-corrected chi connectivity index (χ4v) is 3.12. The molecule has 3 heterocycles. The van der Waals surface area contributed by atoms with Gasteiger partial charge in [-0.3, -0.25) is 9.79 Å². The zero-order valence-electron chi connectivity index (χ0n) is 14.8. The lowest BCUT2D eigenvalue weighted by atomic mass is 9.90. The number of nitrogens with two attached hydrogens (primary N) is 1. The summed E-state index contributed by atoms with van der Waals surface area (Å²) < 4.78 is 47.3. The largest absolute Gasteiger partial charge is 0.385 e. The molecule has 3 aromatic rings. The Balaban J connectivity index is 1.67. The average molecular weight is 404 g/mol. The second-order valence-corrected chi connectivity index (χ2v) is 6.48. The minimum atomic E-state index is -3.07. The Hall–Kier alpha value is -3.47. The van der Waals surface area contributed by atoms with Gasteiger partial charge < -0.3 is 20.8 Å². The van der Waals surface area contributed by atoms with Crippen molar-refractivity contribution in [2.24, 2.45) is 10.7 Å². The van der Waals surface area contributed by atoms with E-state index in [4.69, 9.17) is 10.5 Å². The topological polar surface area (TPSA) is 118 Å². The van der Waals surface area contributed by atoms with Crippen LogP contribution in [0.3, 0.4) is 0 Å². The maximum atomic E-state index is 14.5. The van der Waals surface area contributed by atoms with Gasteiger partial charge in [0.05, 0.1) is 6.61 Å². The summed E-state index contributed by atoms with van der Waals surface area (Å²) in [5.41, 5.74) is 3.59. The molecule has 11 heteroatoms. The van der Waals surface area contributed by atoms with E-state index in [0.29, 0.717) is 11.0 Å². The molecule has 1 amide bonds. The van der Waals surface area contributed by atoms with Gasteiger partial charge in [0.25, 0.3) is 12.3 Å². The Morgan fingerprint density at radius 3 is 2.90 bits per heavy atom. The number of aliphatic imine (C=N–C) groups is 1. The van der Waals surface area contributed by atoms with E-state index in [2.05, 4.69) is 25.3 Å². The van der Waals surface area contributed by atoms with Crippen LogP contribution in [0.25, 0.3) is 11.0 Å². The number of benzene rings is 1. The molecule has 0 saturated carbocycles. The first-order valence-electron chi connectivity index (χ1n) is 8.49. The number of alkyl halides is 2. The minimum Gasteiger partial charge on any atom is -0.385 e. The van der Waals surface area contributed by atoms with Crippen LogP contribution >= 0.6 is 0 Å². The normalized spacial score (nSPS) is 19.4. The maximum absolute atomic E-state index is 14.5. The smallest absolute Gasteiger partial charge is 0.272 e. The van der Waals surface area contributed by atoms with Crippen LogP contribution in [-0.2, 0) is 10.3 Å². The molecular weight excluding hydrogens is 389 g/mol. The van der Waals surface area contributed by atoms with E-state index in [1.807, 2.05) is 0 Å². The molecule has 0 fully saturated rings. The van der Waals surface area contributed by atoms with Crippen LogP contribution in [0.5, 0.6) is 0 Å². The third-order valence-electron chi connectivity index (χ3n) is 4.50. The zero-order chi connectivity index (χ0) is 20.6. The molecule has 1 unspecified atom stereocenters. The van der Waals surface area contributed by atoms with Crippen molar-refractivity contribution in [3.05, 3.63) is 53.9 Å². The number of halogens is 3. The number of rotatable bonds is 4. The van der Waals surface area contributed by atoms with Crippen molar-refractivity contribution in [1.29, 1.82) is 0 Å². The number of hydrogen-bond donors (Lipinski definition) is 3. The summed E-state index contributed by atoms with van der Waals surface area (Å²) in [5.74, 6) is -1.63. The van der Waals surface area contributed by atoms with E-state index >= 15 is 0 Å². The number of fused-ring (bicyclic) bond motifs is 1. The van der Waals surface area contributed by atoms with E-state index in [1.54, 1.807) is 0 Å². The highest BCUT2D eigenvalue weighted by molar-refractivity contribution is 6.05. The van der Waals surface area contributed by atoms with Gasteiger partial charge >= 0.3 is 0 Å². The summed E-state index contributed by atoms with van der Waals surface area (Å²) in [6.07, 6.45) is -0.215. The lowest BCUT2D eigenvalue weighted by Crippen LogP contribution is -2.45. The van der Waals surface area contributed by atoms with Crippen molar-refractivity contribution in [3.8, 4) is 0 Å². The highest BCUT2D eigenvalue weighted by Crippen LogP contribution is 2.38. The van der Waals surface area contributed by atoms with E-state index in [9.17, 15) is 18.0 Å². The molecular formula is C18H15F3N6O2.